The standard InChI is InChI=1S/C20H10ClNO4S/c21-15-9-10-16(27-12-7-5-11(6-8-12)22(25)26)18-17(15)19(23)13-3-1-2-4-14(13)20(18)24/h1-10H. The molecule has 0 unspecified atom stereocenters. The van der Waals surface area contributed by atoms with Gasteiger partial charge < -0.3 is 0 Å². The fraction of sp³-hybridized carbons (Fsp3) is 0. The first-order valence-corrected chi connectivity index (χ1v) is 9.10. The van der Waals surface area contributed by atoms with Crippen LogP contribution in [0.25, 0.3) is 0 Å². The molecule has 0 spiro atoms. The predicted octanol–water partition coefficient (Wildman–Crippen LogP) is 5.17. The number of nitro benzene ring substituents is 1. The van der Waals surface area contributed by atoms with Gasteiger partial charge in [0.2, 0.25) is 0 Å². The Kier molecular flexibility index (Phi) is 4.30. The van der Waals surface area contributed by atoms with Crippen LogP contribution in [0.5, 0.6) is 0 Å². The number of hydrogen-bond acceptors (Lipinski definition) is 5. The van der Waals surface area contributed by atoms with E-state index in [1.165, 1.54) is 23.9 Å². The van der Waals surface area contributed by atoms with Crippen molar-refractivity contribution in [3.63, 3.8) is 0 Å². The van der Waals surface area contributed by atoms with Crippen molar-refractivity contribution in [1.82, 2.24) is 0 Å². The van der Waals surface area contributed by atoms with Crippen LogP contribution in [0.15, 0.2) is 70.5 Å². The van der Waals surface area contributed by atoms with Crippen molar-refractivity contribution in [2.75, 3.05) is 0 Å². The number of carbonyl (C=O) groups excluding carboxylic acids is 2. The van der Waals surface area contributed by atoms with Crippen molar-refractivity contribution in [2.24, 2.45) is 0 Å². The van der Waals surface area contributed by atoms with Crippen LogP contribution in [0.2, 0.25) is 5.02 Å². The van der Waals surface area contributed by atoms with E-state index in [9.17, 15) is 19.7 Å². The van der Waals surface area contributed by atoms with E-state index in [4.69, 9.17) is 11.6 Å². The minimum atomic E-state index is -0.474. The second kappa shape index (κ2) is 6.64. The lowest BCUT2D eigenvalue weighted by Gasteiger charge is -2.21. The summed E-state index contributed by atoms with van der Waals surface area (Å²) in [4.78, 5) is 37.5. The Morgan fingerprint density at radius 3 is 2.00 bits per heavy atom. The maximum Gasteiger partial charge on any atom is 0.269 e. The van der Waals surface area contributed by atoms with Crippen molar-refractivity contribution >= 4 is 40.6 Å². The van der Waals surface area contributed by atoms with Gasteiger partial charge in [0, 0.05) is 38.6 Å². The Balaban J connectivity index is 1.81. The van der Waals surface area contributed by atoms with Gasteiger partial charge in [-0.3, -0.25) is 19.7 Å². The van der Waals surface area contributed by atoms with Crippen LogP contribution in [0.1, 0.15) is 31.8 Å². The average Bonchev–Trinajstić information content (AvgIpc) is 2.68. The van der Waals surface area contributed by atoms with Crippen LogP contribution in [-0.4, -0.2) is 16.5 Å². The maximum atomic E-state index is 13.0. The highest BCUT2D eigenvalue weighted by Gasteiger charge is 2.33. The number of hydrogen-bond donors (Lipinski definition) is 0. The normalized spacial score (nSPS) is 12.5. The lowest BCUT2D eigenvalue weighted by Crippen LogP contribution is -2.22. The van der Waals surface area contributed by atoms with Gasteiger partial charge in [-0.2, -0.15) is 0 Å². The van der Waals surface area contributed by atoms with Gasteiger partial charge >= 0.3 is 0 Å². The summed E-state index contributed by atoms with van der Waals surface area (Å²) in [5.74, 6) is -0.538. The number of ketones is 2. The molecule has 0 heterocycles. The minimum Gasteiger partial charge on any atom is -0.289 e. The zero-order valence-corrected chi connectivity index (χ0v) is 15.2. The van der Waals surface area contributed by atoms with Crippen LogP contribution < -0.4 is 0 Å². The maximum absolute atomic E-state index is 13.0. The zero-order valence-electron chi connectivity index (χ0n) is 13.6. The number of nitro groups is 1. The molecule has 3 aromatic rings. The van der Waals surface area contributed by atoms with Gasteiger partial charge in [-0.1, -0.05) is 47.6 Å². The van der Waals surface area contributed by atoms with E-state index in [0.29, 0.717) is 20.9 Å². The predicted molar refractivity (Wildman–Crippen MR) is 102 cm³/mol. The largest absolute Gasteiger partial charge is 0.289 e. The van der Waals surface area contributed by atoms with Crippen molar-refractivity contribution < 1.29 is 14.5 Å². The van der Waals surface area contributed by atoms with E-state index >= 15 is 0 Å². The topological polar surface area (TPSA) is 77.3 Å². The smallest absolute Gasteiger partial charge is 0.269 e. The molecule has 5 nitrogen and oxygen atoms in total. The molecule has 0 N–H and O–H groups in total. The molecule has 0 aromatic heterocycles. The molecule has 0 aliphatic heterocycles. The summed E-state index contributed by atoms with van der Waals surface area (Å²) < 4.78 is 0. The fourth-order valence-electron chi connectivity index (χ4n) is 3.00. The van der Waals surface area contributed by atoms with Crippen molar-refractivity contribution in [3.8, 4) is 0 Å². The van der Waals surface area contributed by atoms with E-state index in [-0.39, 0.29) is 33.4 Å². The van der Waals surface area contributed by atoms with Crippen LogP contribution in [0, 0.1) is 10.1 Å². The third kappa shape index (κ3) is 2.93. The third-order valence-electron chi connectivity index (χ3n) is 4.26. The van der Waals surface area contributed by atoms with Crippen molar-refractivity contribution in [2.45, 2.75) is 9.79 Å². The molecule has 1 aliphatic carbocycles. The van der Waals surface area contributed by atoms with E-state index in [1.54, 1.807) is 48.5 Å². The molecule has 7 heteroatoms. The van der Waals surface area contributed by atoms with Gasteiger partial charge in [0.05, 0.1) is 15.5 Å². The molecule has 27 heavy (non-hydrogen) atoms. The summed E-state index contributed by atoms with van der Waals surface area (Å²) in [6.07, 6.45) is 0. The molecule has 0 atom stereocenters. The minimum absolute atomic E-state index is 0.0160. The quantitative estimate of drug-likeness (QED) is 0.353. The highest BCUT2D eigenvalue weighted by Crippen LogP contribution is 2.40. The second-order valence-electron chi connectivity index (χ2n) is 5.85. The van der Waals surface area contributed by atoms with Gasteiger partial charge in [0.25, 0.3) is 5.69 Å². The molecule has 0 bridgehead atoms. The van der Waals surface area contributed by atoms with Crippen LogP contribution in [-0.2, 0) is 0 Å². The molecule has 3 aromatic carbocycles. The number of halogens is 1. The fourth-order valence-corrected chi connectivity index (χ4v) is 4.20. The molecular formula is C20H10ClNO4S. The van der Waals surface area contributed by atoms with Crippen LogP contribution >= 0.6 is 23.4 Å². The number of benzene rings is 3. The first kappa shape index (κ1) is 17.5. The first-order chi connectivity index (χ1) is 13.0. The zero-order chi connectivity index (χ0) is 19.1. The van der Waals surface area contributed by atoms with Crippen LogP contribution in [0.4, 0.5) is 5.69 Å². The summed E-state index contributed by atoms with van der Waals surface area (Å²) in [6.45, 7) is 0. The van der Waals surface area contributed by atoms with Gasteiger partial charge in [-0.25, -0.2) is 0 Å². The van der Waals surface area contributed by atoms with Crippen molar-refractivity contribution in [1.29, 1.82) is 0 Å². The molecule has 0 radical (unpaired) electrons. The number of carbonyl (C=O) groups is 2. The van der Waals surface area contributed by atoms with E-state index in [2.05, 4.69) is 0 Å². The number of fused-ring (bicyclic) bond motifs is 2. The Morgan fingerprint density at radius 1 is 0.815 bits per heavy atom. The Labute approximate surface area is 163 Å². The van der Waals surface area contributed by atoms with E-state index in [1.807, 2.05) is 0 Å². The molecule has 0 saturated carbocycles. The summed E-state index contributed by atoms with van der Waals surface area (Å²) in [5, 5.41) is 11.0. The number of nitrogens with zero attached hydrogens (tertiary/aromatic N) is 1. The van der Waals surface area contributed by atoms with Crippen LogP contribution in [0.3, 0.4) is 0 Å². The second-order valence-corrected chi connectivity index (χ2v) is 7.37. The lowest BCUT2D eigenvalue weighted by atomic mass is 9.84. The highest BCUT2D eigenvalue weighted by atomic mass is 35.5. The Morgan fingerprint density at radius 2 is 1.41 bits per heavy atom. The molecular weight excluding hydrogens is 386 g/mol. The molecule has 0 fully saturated rings. The monoisotopic (exact) mass is 395 g/mol. The van der Waals surface area contributed by atoms with Gasteiger partial charge in [-0.15, -0.1) is 0 Å². The molecule has 132 valence electrons. The van der Waals surface area contributed by atoms with E-state index in [0.717, 1.165) is 0 Å². The van der Waals surface area contributed by atoms with E-state index < -0.39 is 4.92 Å². The average molecular weight is 396 g/mol. The summed E-state index contributed by atoms with van der Waals surface area (Å²) >= 11 is 7.50. The SMILES string of the molecule is O=C1c2ccccc2C(=O)c2c(Sc3ccc([N+](=O)[O-])cc3)ccc(Cl)c21. The summed E-state index contributed by atoms with van der Waals surface area (Å²) in [6, 6.07) is 15.9. The first-order valence-electron chi connectivity index (χ1n) is 7.90. The van der Waals surface area contributed by atoms with Gasteiger partial charge in [-0.05, 0) is 24.3 Å². The highest BCUT2D eigenvalue weighted by molar-refractivity contribution is 7.99. The molecule has 0 amide bonds. The molecule has 4 rings (SSSR count). The Hall–Kier alpha value is -2.96. The number of rotatable bonds is 3. The Bertz CT molecular complexity index is 1130. The lowest BCUT2D eigenvalue weighted by molar-refractivity contribution is -0.384. The summed E-state index contributed by atoms with van der Waals surface area (Å²) in [7, 11) is 0. The number of non-ortho nitro benzene ring substituents is 1. The van der Waals surface area contributed by atoms with Gasteiger partial charge in [0.15, 0.2) is 11.6 Å². The third-order valence-corrected chi connectivity index (χ3v) is 5.65. The van der Waals surface area contributed by atoms with Gasteiger partial charge in [0.1, 0.15) is 0 Å². The molecule has 0 saturated heterocycles. The van der Waals surface area contributed by atoms with Crippen molar-refractivity contribution in [3.05, 3.63) is 98.1 Å². The summed E-state index contributed by atoms with van der Waals surface area (Å²) in [5.41, 5.74) is 1.15. The molecule has 1 aliphatic rings.